The molecule has 100 valence electrons. The lowest BCUT2D eigenvalue weighted by Gasteiger charge is -2.36. The van der Waals surface area contributed by atoms with Gasteiger partial charge in [0.15, 0.2) is 5.78 Å². The van der Waals surface area contributed by atoms with E-state index in [0.717, 1.165) is 16.0 Å². The van der Waals surface area contributed by atoms with Gasteiger partial charge in [-0.3, -0.25) is 4.79 Å². The molecule has 1 nitrogen and oxygen atoms in total. The van der Waals surface area contributed by atoms with Crippen molar-refractivity contribution >= 4 is 17.5 Å². The first-order valence-corrected chi connectivity index (χ1v) is 7.49. The largest absolute Gasteiger partial charge is 0.294 e. The van der Waals surface area contributed by atoms with Crippen LogP contribution in [0.25, 0.3) is 0 Å². The van der Waals surface area contributed by atoms with Gasteiger partial charge in [-0.25, -0.2) is 0 Å². The zero-order valence-corrected chi connectivity index (χ0v) is 13.4. The van der Waals surface area contributed by atoms with Gasteiger partial charge in [0, 0.05) is 21.1 Å². The van der Waals surface area contributed by atoms with Crippen LogP contribution in [0.5, 0.6) is 0 Å². The van der Waals surface area contributed by atoms with E-state index >= 15 is 0 Å². The quantitative estimate of drug-likeness (QED) is 0.653. The molecule has 2 rings (SSSR count). The molecule has 0 aliphatic carbocycles. The molecule has 0 saturated heterocycles. The summed E-state index contributed by atoms with van der Waals surface area (Å²) in [5.74, 6) is 0.394. The second kappa shape index (κ2) is 5.48. The maximum absolute atomic E-state index is 12.4. The van der Waals surface area contributed by atoms with E-state index in [2.05, 4.69) is 39.8 Å². The lowest BCUT2D eigenvalue weighted by Crippen LogP contribution is -2.36. The third-order valence-electron chi connectivity index (χ3n) is 3.75. The first-order chi connectivity index (χ1) is 8.34. The Bertz CT molecular complexity index is 460. The number of Topliss-reactive ketones (excluding diaryl/α,β-unsaturated/α-hetero) is 1. The normalized spacial score (nSPS) is 20.8. The van der Waals surface area contributed by atoms with Gasteiger partial charge in [0.2, 0.25) is 0 Å². The Hall–Kier alpha value is -0.760. The average molecular weight is 264 g/mol. The molecule has 0 aromatic heterocycles. The number of benzene rings is 1. The van der Waals surface area contributed by atoms with Gasteiger partial charge in [0.25, 0.3) is 0 Å². The van der Waals surface area contributed by atoms with E-state index in [1.54, 1.807) is 0 Å². The minimum Gasteiger partial charge on any atom is -0.294 e. The van der Waals surface area contributed by atoms with Crippen LogP contribution in [0.4, 0.5) is 0 Å². The standard InChI is InChI=1S/C14H18OS.C2H6/c1-8-6-7-11-12(9(8)2)13(15)10(3)14(4,5)16-11;1-2/h6-7,10H,1-5H3;1-2H3. The van der Waals surface area contributed by atoms with Crippen molar-refractivity contribution in [3.8, 4) is 0 Å². The summed E-state index contributed by atoms with van der Waals surface area (Å²) < 4.78 is 0.00574. The summed E-state index contributed by atoms with van der Waals surface area (Å²) in [5, 5.41) is 0. The summed E-state index contributed by atoms with van der Waals surface area (Å²) in [6, 6.07) is 4.20. The number of carbonyl (C=O) groups is 1. The highest BCUT2D eigenvalue weighted by Crippen LogP contribution is 2.47. The minimum atomic E-state index is 0.00574. The minimum absolute atomic E-state index is 0.00574. The smallest absolute Gasteiger partial charge is 0.168 e. The molecule has 0 saturated carbocycles. The maximum Gasteiger partial charge on any atom is 0.168 e. The molecule has 0 spiro atoms. The molecule has 1 aliphatic heterocycles. The highest BCUT2D eigenvalue weighted by Gasteiger charge is 2.39. The van der Waals surface area contributed by atoms with Gasteiger partial charge >= 0.3 is 0 Å². The monoisotopic (exact) mass is 264 g/mol. The first-order valence-electron chi connectivity index (χ1n) is 6.68. The number of fused-ring (bicyclic) bond motifs is 1. The predicted octanol–water partition coefficient (Wildman–Crippen LogP) is 5.03. The van der Waals surface area contributed by atoms with Crippen LogP contribution in [0.1, 0.15) is 56.1 Å². The third kappa shape index (κ3) is 2.49. The van der Waals surface area contributed by atoms with Crippen molar-refractivity contribution in [3.05, 3.63) is 28.8 Å². The van der Waals surface area contributed by atoms with Gasteiger partial charge in [-0.1, -0.05) is 26.8 Å². The molecule has 1 aliphatic rings. The van der Waals surface area contributed by atoms with Crippen molar-refractivity contribution in [1.82, 2.24) is 0 Å². The SMILES string of the molecule is CC.Cc1ccc2c(c1C)C(=O)C(C)C(C)(C)S2. The summed E-state index contributed by atoms with van der Waals surface area (Å²) in [4.78, 5) is 13.5. The third-order valence-corrected chi connectivity index (χ3v) is 5.19. The molecule has 0 fully saturated rings. The van der Waals surface area contributed by atoms with Crippen LogP contribution < -0.4 is 0 Å². The van der Waals surface area contributed by atoms with E-state index in [1.165, 1.54) is 5.56 Å². The number of rotatable bonds is 0. The first kappa shape index (κ1) is 15.3. The Morgan fingerprint density at radius 1 is 1.17 bits per heavy atom. The highest BCUT2D eigenvalue weighted by atomic mass is 32.2. The average Bonchev–Trinajstić information content (AvgIpc) is 2.33. The maximum atomic E-state index is 12.4. The molecular weight excluding hydrogens is 240 g/mol. The molecule has 0 bridgehead atoms. The van der Waals surface area contributed by atoms with Crippen LogP contribution in [0.3, 0.4) is 0 Å². The molecule has 0 N–H and O–H groups in total. The number of ketones is 1. The summed E-state index contributed by atoms with van der Waals surface area (Å²) in [6.07, 6.45) is 0. The topological polar surface area (TPSA) is 17.1 Å². The molecule has 1 heterocycles. The molecule has 2 heteroatoms. The molecule has 1 unspecified atom stereocenters. The van der Waals surface area contributed by atoms with Crippen molar-refractivity contribution in [2.75, 3.05) is 0 Å². The van der Waals surface area contributed by atoms with E-state index in [1.807, 2.05) is 32.5 Å². The van der Waals surface area contributed by atoms with E-state index in [-0.39, 0.29) is 10.7 Å². The summed E-state index contributed by atoms with van der Waals surface area (Å²) >= 11 is 1.83. The van der Waals surface area contributed by atoms with Crippen molar-refractivity contribution in [3.63, 3.8) is 0 Å². The number of carbonyl (C=O) groups excluding carboxylic acids is 1. The van der Waals surface area contributed by atoms with Crippen molar-refractivity contribution in [2.24, 2.45) is 5.92 Å². The van der Waals surface area contributed by atoms with Crippen LogP contribution >= 0.6 is 11.8 Å². The Labute approximate surface area is 115 Å². The van der Waals surface area contributed by atoms with E-state index in [0.29, 0.717) is 5.78 Å². The summed E-state index contributed by atoms with van der Waals surface area (Å²) in [5.41, 5.74) is 3.31. The lowest BCUT2D eigenvalue weighted by molar-refractivity contribution is 0.0903. The Kier molecular flexibility index (Phi) is 4.66. The van der Waals surface area contributed by atoms with Gasteiger partial charge in [0.05, 0.1) is 0 Å². The van der Waals surface area contributed by atoms with Gasteiger partial charge in [-0.15, -0.1) is 11.8 Å². The van der Waals surface area contributed by atoms with Crippen LogP contribution in [0.2, 0.25) is 0 Å². The molecule has 1 atom stereocenters. The zero-order chi connectivity index (χ0) is 14.1. The van der Waals surface area contributed by atoms with Crippen LogP contribution in [-0.4, -0.2) is 10.5 Å². The van der Waals surface area contributed by atoms with Crippen molar-refractivity contribution in [1.29, 1.82) is 0 Å². The van der Waals surface area contributed by atoms with Crippen molar-refractivity contribution < 1.29 is 4.79 Å². The van der Waals surface area contributed by atoms with Gasteiger partial charge in [-0.2, -0.15) is 0 Å². The fourth-order valence-electron chi connectivity index (χ4n) is 2.09. The van der Waals surface area contributed by atoms with E-state index in [9.17, 15) is 4.79 Å². The predicted molar refractivity (Wildman–Crippen MR) is 80.7 cm³/mol. The number of hydrogen-bond donors (Lipinski definition) is 0. The fourth-order valence-corrected chi connectivity index (χ4v) is 3.43. The molecule has 0 amide bonds. The fraction of sp³-hybridized carbons (Fsp3) is 0.562. The van der Waals surface area contributed by atoms with E-state index < -0.39 is 0 Å². The molecule has 0 radical (unpaired) electrons. The van der Waals surface area contributed by atoms with Crippen LogP contribution in [0, 0.1) is 19.8 Å². The zero-order valence-electron chi connectivity index (χ0n) is 12.5. The Morgan fingerprint density at radius 3 is 2.28 bits per heavy atom. The second-order valence-electron chi connectivity index (χ2n) is 5.17. The van der Waals surface area contributed by atoms with Crippen LogP contribution in [0.15, 0.2) is 17.0 Å². The Morgan fingerprint density at radius 2 is 1.72 bits per heavy atom. The molecule has 18 heavy (non-hydrogen) atoms. The van der Waals surface area contributed by atoms with Crippen molar-refractivity contribution in [2.45, 2.75) is 58.1 Å². The number of hydrogen-bond acceptors (Lipinski definition) is 2. The summed E-state index contributed by atoms with van der Waals surface area (Å²) in [7, 11) is 0. The Balaban J connectivity index is 0.000000771. The van der Waals surface area contributed by atoms with E-state index in [4.69, 9.17) is 0 Å². The molecular formula is C16H24OS. The molecule has 1 aromatic rings. The van der Waals surface area contributed by atoms with Gasteiger partial charge in [0.1, 0.15) is 0 Å². The van der Waals surface area contributed by atoms with Crippen LogP contribution in [-0.2, 0) is 0 Å². The summed E-state index contributed by atoms with van der Waals surface area (Å²) in [6.45, 7) is 14.5. The second-order valence-corrected chi connectivity index (χ2v) is 6.87. The molecule has 1 aromatic carbocycles. The highest BCUT2D eigenvalue weighted by molar-refractivity contribution is 8.00. The lowest BCUT2D eigenvalue weighted by atomic mass is 9.85. The number of thioether (sulfide) groups is 1. The van der Waals surface area contributed by atoms with Gasteiger partial charge in [-0.05, 0) is 44.9 Å². The van der Waals surface area contributed by atoms with Gasteiger partial charge < -0.3 is 0 Å². The number of aryl methyl sites for hydroxylation is 1.